The van der Waals surface area contributed by atoms with Gasteiger partial charge in [0, 0.05) is 0 Å². The first-order valence-electron chi connectivity index (χ1n) is 7.77. The number of primary amides is 1. The van der Waals surface area contributed by atoms with E-state index < -0.39 is 11.4 Å². The fourth-order valence-electron chi connectivity index (χ4n) is 2.94. The first kappa shape index (κ1) is 16.4. The van der Waals surface area contributed by atoms with E-state index in [0.717, 1.165) is 18.9 Å². The lowest BCUT2D eigenvalue weighted by Gasteiger charge is -2.24. The van der Waals surface area contributed by atoms with Crippen molar-refractivity contribution in [1.29, 1.82) is 0 Å². The highest BCUT2D eigenvalue weighted by Crippen LogP contribution is 2.22. The summed E-state index contributed by atoms with van der Waals surface area (Å²) in [5, 5.41) is 0. The number of amides is 1. The Labute approximate surface area is 117 Å². The second-order valence-corrected chi connectivity index (χ2v) is 6.31. The van der Waals surface area contributed by atoms with E-state index in [9.17, 15) is 4.79 Å². The fraction of sp³-hybridized carbons (Fsp3) is 0.933. The van der Waals surface area contributed by atoms with Crippen LogP contribution in [0.5, 0.6) is 0 Å². The van der Waals surface area contributed by atoms with Crippen LogP contribution in [0.4, 0.5) is 0 Å². The molecule has 2 unspecified atom stereocenters. The molecule has 0 aromatic carbocycles. The molecule has 0 aliphatic carbocycles. The third-order valence-electron chi connectivity index (χ3n) is 4.37. The van der Waals surface area contributed by atoms with E-state index in [0.29, 0.717) is 6.42 Å². The maximum Gasteiger partial charge on any atom is 0.237 e. The Balaban J connectivity index is 2.25. The molecular formula is C15H31N3O. The molecule has 0 aromatic heterocycles. The number of carbonyl (C=O) groups excluding carboxylic acids is 1. The largest absolute Gasteiger partial charge is 0.368 e. The summed E-state index contributed by atoms with van der Waals surface area (Å²) in [7, 11) is 0. The molecule has 1 fully saturated rings. The molecule has 0 saturated carbocycles. The molecule has 1 heterocycles. The summed E-state index contributed by atoms with van der Waals surface area (Å²) >= 11 is 0. The molecule has 2 atom stereocenters. The molecule has 0 radical (unpaired) electrons. The van der Waals surface area contributed by atoms with Gasteiger partial charge in [-0.2, -0.15) is 0 Å². The molecule has 19 heavy (non-hydrogen) atoms. The van der Waals surface area contributed by atoms with Crippen molar-refractivity contribution in [3.05, 3.63) is 0 Å². The monoisotopic (exact) mass is 269 g/mol. The topological polar surface area (TPSA) is 72.3 Å². The molecule has 0 aromatic rings. The maximum atomic E-state index is 11.2. The van der Waals surface area contributed by atoms with Crippen molar-refractivity contribution in [1.82, 2.24) is 4.90 Å². The van der Waals surface area contributed by atoms with Crippen LogP contribution in [0.15, 0.2) is 0 Å². The predicted octanol–water partition coefficient (Wildman–Crippen LogP) is 1.87. The summed E-state index contributed by atoms with van der Waals surface area (Å²) in [6.45, 7) is 7.43. The normalized spacial score (nSPS) is 24.7. The number of nitrogens with two attached hydrogens (primary N) is 2. The third-order valence-corrected chi connectivity index (χ3v) is 4.37. The summed E-state index contributed by atoms with van der Waals surface area (Å²) in [4.78, 5) is 13.7. The van der Waals surface area contributed by atoms with Gasteiger partial charge in [-0.1, -0.05) is 19.8 Å². The zero-order chi connectivity index (χ0) is 14.3. The molecule has 0 bridgehead atoms. The molecule has 4 N–H and O–H groups in total. The van der Waals surface area contributed by atoms with E-state index >= 15 is 0 Å². The minimum absolute atomic E-state index is 0.397. The van der Waals surface area contributed by atoms with Gasteiger partial charge in [-0.15, -0.1) is 0 Å². The van der Waals surface area contributed by atoms with Crippen LogP contribution in [0.3, 0.4) is 0 Å². The van der Waals surface area contributed by atoms with Crippen LogP contribution in [0.25, 0.3) is 0 Å². The number of carbonyl (C=O) groups is 1. The van der Waals surface area contributed by atoms with Gasteiger partial charge in [-0.3, -0.25) is 4.79 Å². The molecule has 1 aliphatic heterocycles. The van der Waals surface area contributed by atoms with Crippen LogP contribution in [0.2, 0.25) is 0 Å². The number of nitrogens with zero attached hydrogens (tertiary/aromatic N) is 1. The minimum atomic E-state index is -0.851. The van der Waals surface area contributed by atoms with Crippen molar-refractivity contribution in [2.45, 2.75) is 64.3 Å². The molecule has 4 heteroatoms. The lowest BCUT2D eigenvalue weighted by molar-refractivity contribution is -0.122. The lowest BCUT2D eigenvalue weighted by Crippen LogP contribution is -2.49. The molecule has 0 spiro atoms. The van der Waals surface area contributed by atoms with Crippen LogP contribution in [-0.2, 0) is 4.79 Å². The van der Waals surface area contributed by atoms with Crippen molar-refractivity contribution < 1.29 is 4.79 Å². The van der Waals surface area contributed by atoms with E-state index in [-0.39, 0.29) is 0 Å². The van der Waals surface area contributed by atoms with E-state index in [1.54, 1.807) is 6.92 Å². The van der Waals surface area contributed by atoms with E-state index in [2.05, 4.69) is 11.8 Å². The molecule has 1 amide bonds. The molecule has 112 valence electrons. The highest BCUT2D eigenvalue weighted by Gasteiger charge is 2.25. The smallest absolute Gasteiger partial charge is 0.237 e. The van der Waals surface area contributed by atoms with Crippen molar-refractivity contribution in [2.75, 3.05) is 19.6 Å². The summed E-state index contributed by atoms with van der Waals surface area (Å²) in [5.41, 5.74) is 10.3. The predicted molar refractivity (Wildman–Crippen MR) is 79.7 cm³/mol. The second kappa shape index (κ2) is 7.85. The molecule has 4 nitrogen and oxygen atoms in total. The van der Waals surface area contributed by atoms with Crippen LogP contribution in [-0.4, -0.2) is 36.0 Å². The van der Waals surface area contributed by atoms with E-state index in [1.807, 2.05) is 0 Å². The second-order valence-electron chi connectivity index (χ2n) is 6.31. The van der Waals surface area contributed by atoms with Crippen molar-refractivity contribution in [3.63, 3.8) is 0 Å². The number of hydrogen-bond donors (Lipinski definition) is 2. The van der Waals surface area contributed by atoms with Crippen molar-refractivity contribution in [2.24, 2.45) is 17.4 Å². The maximum absolute atomic E-state index is 11.2. The Morgan fingerprint density at radius 1 is 1.37 bits per heavy atom. The Bertz CT molecular complexity index is 279. The van der Waals surface area contributed by atoms with Gasteiger partial charge in [0.15, 0.2) is 0 Å². The van der Waals surface area contributed by atoms with Crippen LogP contribution in [0.1, 0.15) is 58.8 Å². The first-order chi connectivity index (χ1) is 8.95. The van der Waals surface area contributed by atoms with E-state index in [1.165, 1.54) is 45.2 Å². The Morgan fingerprint density at radius 2 is 2.11 bits per heavy atom. The van der Waals surface area contributed by atoms with Crippen molar-refractivity contribution >= 4 is 5.91 Å². The van der Waals surface area contributed by atoms with Gasteiger partial charge in [0.1, 0.15) is 0 Å². The summed E-state index contributed by atoms with van der Waals surface area (Å²) in [6, 6.07) is 0. The van der Waals surface area contributed by atoms with Crippen molar-refractivity contribution in [3.8, 4) is 0 Å². The lowest BCUT2D eigenvalue weighted by atomic mass is 9.96. The van der Waals surface area contributed by atoms with Crippen LogP contribution < -0.4 is 11.5 Å². The summed E-state index contributed by atoms with van der Waals surface area (Å²) in [6.07, 6.45) is 8.31. The Hall–Kier alpha value is -0.610. The van der Waals surface area contributed by atoms with Crippen LogP contribution >= 0.6 is 0 Å². The molecular weight excluding hydrogens is 238 g/mol. The standard InChI is InChI=1S/C15H31N3O/c1-3-6-13-7-4-10-18(12-8-13)11-5-9-15(2,17)14(16)19/h13H,3-12,17H2,1-2H3,(H2,16,19). The SMILES string of the molecule is CCCC1CCCN(CCCC(C)(N)C(N)=O)CC1. The summed E-state index contributed by atoms with van der Waals surface area (Å²) in [5.74, 6) is 0.520. The van der Waals surface area contributed by atoms with Gasteiger partial charge in [0.25, 0.3) is 0 Å². The molecule has 1 rings (SSSR count). The average molecular weight is 269 g/mol. The van der Waals surface area contributed by atoms with E-state index in [4.69, 9.17) is 11.5 Å². The fourth-order valence-corrected chi connectivity index (χ4v) is 2.94. The van der Waals surface area contributed by atoms with Crippen LogP contribution in [0, 0.1) is 5.92 Å². The Morgan fingerprint density at radius 3 is 2.74 bits per heavy atom. The van der Waals surface area contributed by atoms with Gasteiger partial charge in [-0.05, 0) is 64.6 Å². The molecule has 1 saturated heterocycles. The highest BCUT2D eigenvalue weighted by atomic mass is 16.1. The van der Waals surface area contributed by atoms with Gasteiger partial charge >= 0.3 is 0 Å². The Kier molecular flexibility index (Phi) is 6.80. The number of rotatable bonds is 7. The summed E-state index contributed by atoms with van der Waals surface area (Å²) < 4.78 is 0. The first-order valence-corrected chi connectivity index (χ1v) is 7.77. The zero-order valence-electron chi connectivity index (χ0n) is 12.7. The number of hydrogen-bond acceptors (Lipinski definition) is 3. The van der Waals surface area contributed by atoms with Gasteiger partial charge in [-0.25, -0.2) is 0 Å². The quantitative estimate of drug-likeness (QED) is 0.741. The van der Waals surface area contributed by atoms with Gasteiger partial charge in [0.2, 0.25) is 5.91 Å². The van der Waals surface area contributed by atoms with Gasteiger partial charge in [0.05, 0.1) is 5.54 Å². The highest BCUT2D eigenvalue weighted by molar-refractivity contribution is 5.83. The average Bonchev–Trinajstić information content (AvgIpc) is 2.55. The minimum Gasteiger partial charge on any atom is -0.368 e. The number of likely N-dealkylation sites (tertiary alicyclic amines) is 1. The third kappa shape index (κ3) is 5.91. The molecule has 1 aliphatic rings. The van der Waals surface area contributed by atoms with Gasteiger partial charge < -0.3 is 16.4 Å². The zero-order valence-corrected chi connectivity index (χ0v) is 12.7.